The van der Waals surface area contributed by atoms with E-state index in [4.69, 9.17) is 26.3 Å². The van der Waals surface area contributed by atoms with Gasteiger partial charge >= 0.3 is 0 Å². The van der Waals surface area contributed by atoms with Crippen molar-refractivity contribution >= 4 is 35.2 Å². The lowest BCUT2D eigenvalue weighted by Crippen LogP contribution is -2.27. The number of nitriles is 1. The molecule has 0 fully saturated rings. The summed E-state index contributed by atoms with van der Waals surface area (Å²) in [5.41, 5.74) is 1.22. The van der Waals surface area contributed by atoms with Crippen LogP contribution in [0.1, 0.15) is 5.56 Å². The van der Waals surface area contributed by atoms with Gasteiger partial charge in [0.1, 0.15) is 17.4 Å². The first-order chi connectivity index (χ1) is 14.0. The third kappa shape index (κ3) is 7.66. The molecule has 0 aliphatic heterocycles. The SMILES string of the molecule is COCCNC(=O)C(C#N)=Cc1ccc(OCC(=O)Nc2cccc(Cl)c2)cc1. The number of anilines is 1. The highest BCUT2D eigenvalue weighted by Gasteiger charge is 2.08. The average molecular weight is 414 g/mol. The first kappa shape index (κ1) is 22.0. The Kier molecular flexibility index (Phi) is 8.70. The number of carbonyl (C=O) groups is 2. The number of hydrogen-bond acceptors (Lipinski definition) is 5. The van der Waals surface area contributed by atoms with Gasteiger partial charge in [-0.2, -0.15) is 5.26 Å². The molecule has 0 unspecified atom stereocenters. The van der Waals surface area contributed by atoms with E-state index in [-0.39, 0.29) is 18.1 Å². The highest BCUT2D eigenvalue weighted by Crippen LogP contribution is 2.16. The Balaban J connectivity index is 1.89. The van der Waals surface area contributed by atoms with Gasteiger partial charge in [-0.3, -0.25) is 9.59 Å². The first-order valence-corrected chi connectivity index (χ1v) is 9.07. The molecule has 0 spiro atoms. The maximum Gasteiger partial charge on any atom is 0.262 e. The number of hydrogen-bond donors (Lipinski definition) is 2. The van der Waals surface area contributed by atoms with Crippen molar-refractivity contribution in [1.82, 2.24) is 5.32 Å². The first-order valence-electron chi connectivity index (χ1n) is 8.69. The third-order valence-corrected chi connectivity index (χ3v) is 3.86. The zero-order valence-corrected chi connectivity index (χ0v) is 16.5. The maximum absolute atomic E-state index is 12.0. The fraction of sp³-hybridized carbons (Fsp3) is 0.190. The van der Waals surface area contributed by atoms with E-state index in [9.17, 15) is 9.59 Å². The van der Waals surface area contributed by atoms with Crippen LogP contribution in [0.15, 0.2) is 54.1 Å². The number of halogens is 1. The molecule has 0 heterocycles. The molecule has 0 radical (unpaired) electrons. The van der Waals surface area contributed by atoms with Crippen LogP contribution in [-0.2, 0) is 14.3 Å². The summed E-state index contributed by atoms with van der Waals surface area (Å²) in [4.78, 5) is 23.9. The number of benzene rings is 2. The number of ether oxygens (including phenoxy) is 2. The molecule has 2 N–H and O–H groups in total. The van der Waals surface area contributed by atoms with E-state index in [1.807, 2.05) is 6.07 Å². The zero-order valence-electron chi connectivity index (χ0n) is 15.8. The standard InChI is InChI=1S/C21H20ClN3O4/c1-28-10-9-24-21(27)16(13-23)11-15-5-7-19(8-6-15)29-14-20(26)25-18-4-2-3-17(22)12-18/h2-8,11-12H,9-10,14H2,1H3,(H,24,27)(H,25,26). The molecular formula is C21H20ClN3O4. The maximum atomic E-state index is 12.0. The molecule has 0 aromatic heterocycles. The number of carbonyl (C=O) groups excluding carboxylic acids is 2. The van der Waals surface area contributed by atoms with Gasteiger partial charge < -0.3 is 20.1 Å². The summed E-state index contributed by atoms with van der Waals surface area (Å²) < 4.78 is 10.3. The van der Waals surface area contributed by atoms with Crippen molar-refractivity contribution in [3.05, 3.63) is 64.7 Å². The summed E-state index contributed by atoms with van der Waals surface area (Å²) in [6.45, 7) is 0.507. The summed E-state index contributed by atoms with van der Waals surface area (Å²) in [6.07, 6.45) is 1.47. The van der Waals surface area contributed by atoms with Gasteiger partial charge in [0.05, 0.1) is 6.61 Å². The van der Waals surface area contributed by atoms with E-state index in [0.29, 0.717) is 35.2 Å². The van der Waals surface area contributed by atoms with E-state index in [0.717, 1.165) is 0 Å². The lowest BCUT2D eigenvalue weighted by Gasteiger charge is -2.08. The predicted octanol–water partition coefficient (Wildman–Crippen LogP) is 3.03. The molecule has 0 saturated heterocycles. The number of nitrogens with zero attached hydrogens (tertiary/aromatic N) is 1. The van der Waals surface area contributed by atoms with Gasteiger partial charge in [0.25, 0.3) is 11.8 Å². The highest BCUT2D eigenvalue weighted by atomic mass is 35.5. The molecule has 0 aliphatic carbocycles. The lowest BCUT2D eigenvalue weighted by molar-refractivity contribution is -0.118. The number of methoxy groups -OCH3 is 1. The van der Waals surface area contributed by atoms with Gasteiger partial charge in [-0.05, 0) is 42.0 Å². The second-order valence-electron chi connectivity index (χ2n) is 5.83. The molecule has 0 aliphatic rings. The molecule has 0 bridgehead atoms. The Morgan fingerprint density at radius 3 is 2.62 bits per heavy atom. The van der Waals surface area contributed by atoms with Crippen molar-refractivity contribution in [3.8, 4) is 11.8 Å². The van der Waals surface area contributed by atoms with Gasteiger partial charge in [-0.15, -0.1) is 0 Å². The lowest BCUT2D eigenvalue weighted by atomic mass is 10.1. The summed E-state index contributed by atoms with van der Waals surface area (Å²) in [7, 11) is 1.53. The second-order valence-corrected chi connectivity index (χ2v) is 6.27. The highest BCUT2D eigenvalue weighted by molar-refractivity contribution is 6.30. The van der Waals surface area contributed by atoms with E-state index >= 15 is 0 Å². The van der Waals surface area contributed by atoms with Crippen molar-refractivity contribution in [2.75, 3.05) is 32.2 Å². The largest absolute Gasteiger partial charge is 0.484 e. The summed E-state index contributed by atoms with van der Waals surface area (Å²) in [6, 6.07) is 15.4. The minimum atomic E-state index is -0.470. The number of rotatable bonds is 9. The van der Waals surface area contributed by atoms with Crippen molar-refractivity contribution < 1.29 is 19.1 Å². The van der Waals surface area contributed by atoms with E-state index in [2.05, 4.69) is 10.6 Å². The van der Waals surface area contributed by atoms with Crippen molar-refractivity contribution in [3.63, 3.8) is 0 Å². The van der Waals surface area contributed by atoms with Gasteiger partial charge in [-0.25, -0.2) is 0 Å². The van der Waals surface area contributed by atoms with Crippen LogP contribution in [-0.4, -0.2) is 38.7 Å². The van der Waals surface area contributed by atoms with Crippen LogP contribution in [0.4, 0.5) is 5.69 Å². The van der Waals surface area contributed by atoms with Crippen molar-refractivity contribution in [2.45, 2.75) is 0 Å². The van der Waals surface area contributed by atoms with Gasteiger partial charge in [0, 0.05) is 24.4 Å². The van der Waals surface area contributed by atoms with Gasteiger partial charge in [0.15, 0.2) is 6.61 Å². The fourth-order valence-electron chi connectivity index (χ4n) is 2.25. The molecule has 2 aromatic carbocycles. The van der Waals surface area contributed by atoms with Crippen LogP contribution in [0.3, 0.4) is 0 Å². The topological polar surface area (TPSA) is 100 Å². The Morgan fingerprint density at radius 2 is 1.97 bits per heavy atom. The van der Waals surface area contributed by atoms with Gasteiger partial charge in [0.2, 0.25) is 0 Å². The molecule has 0 atom stereocenters. The molecule has 29 heavy (non-hydrogen) atoms. The minimum Gasteiger partial charge on any atom is -0.484 e. The Hall–Kier alpha value is -3.34. The summed E-state index contributed by atoms with van der Waals surface area (Å²) in [5.74, 6) is -0.315. The third-order valence-electron chi connectivity index (χ3n) is 3.63. The van der Waals surface area contributed by atoms with Gasteiger partial charge in [-0.1, -0.05) is 29.8 Å². The molecule has 2 amide bonds. The van der Waals surface area contributed by atoms with E-state index in [1.165, 1.54) is 13.2 Å². The minimum absolute atomic E-state index is 0.0179. The Morgan fingerprint density at radius 1 is 1.21 bits per heavy atom. The summed E-state index contributed by atoms with van der Waals surface area (Å²) in [5, 5.41) is 15.0. The molecule has 0 saturated carbocycles. The van der Waals surface area contributed by atoms with Crippen LogP contribution in [0.5, 0.6) is 5.75 Å². The van der Waals surface area contributed by atoms with Crippen LogP contribution in [0, 0.1) is 11.3 Å². The molecule has 2 rings (SSSR count). The van der Waals surface area contributed by atoms with E-state index in [1.54, 1.807) is 48.5 Å². The predicted molar refractivity (Wildman–Crippen MR) is 110 cm³/mol. The Bertz CT molecular complexity index is 920. The van der Waals surface area contributed by atoms with Crippen molar-refractivity contribution in [1.29, 1.82) is 5.26 Å². The fourth-order valence-corrected chi connectivity index (χ4v) is 2.44. The van der Waals surface area contributed by atoms with Crippen molar-refractivity contribution in [2.24, 2.45) is 0 Å². The molecule has 2 aromatic rings. The van der Waals surface area contributed by atoms with Crippen LogP contribution in [0.2, 0.25) is 5.02 Å². The molecule has 150 valence electrons. The summed E-state index contributed by atoms with van der Waals surface area (Å²) >= 11 is 5.88. The smallest absolute Gasteiger partial charge is 0.262 e. The monoisotopic (exact) mass is 413 g/mol. The normalized spacial score (nSPS) is 10.7. The number of nitrogens with one attached hydrogen (secondary N) is 2. The van der Waals surface area contributed by atoms with E-state index < -0.39 is 5.91 Å². The average Bonchev–Trinajstić information content (AvgIpc) is 2.71. The zero-order chi connectivity index (χ0) is 21.1. The molecule has 7 nitrogen and oxygen atoms in total. The number of amides is 2. The second kappa shape index (κ2) is 11.5. The van der Waals surface area contributed by atoms with Crippen LogP contribution < -0.4 is 15.4 Å². The van der Waals surface area contributed by atoms with Crippen LogP contribution in [0.25, 0.3) is 6.08 Å². The Labute approximate surface area is 173 Å². The quantitative estimate of drug-likeness (QED) is 0.374. The molecular weight excluding hydrogens is 394 g/mol. The molecule has 8 heteroatoms. The van der Waals surface area contributed by atoms with Crippen LogP contribution >= 0.6 is 11.6 Å².